The molecule has 3 heterocycles. The van der Waals surface area contributed by atoms with E-state index >= 15 is 0 Å². The van der Waals surface area contributed by atoms with Gasteiger partial charge in [-0.3, -0.25) is 4.98 Å². The van der Waals surface area contributed by atoms with E-state index in [1.807, 2.05) is 17.6 Å². The van der Waals surface area contributed by atoms with Gasteiger partial charge in [-0.05, 0) is 48.8 Å². The van der Waals surface area contributed by atoms with Crippen molar-refractivity contribution in [3.63, 3.8) is 0 Å². The van der Waals surface area contributed by atoms with Crippen LogP contribution < -0.4 is 5.32 Å². The van der Waals surface area contributed by atoms with Gasteiger partial charge in [0.2, 0.25) is 0 Å². The van der Waals surface area contributed by atoms with Gasteiger partial charge in [-0.2, -0.15) is 0 Å². The van der Waals surface area contributed by atoms with Crippen molar-refractivity contribution in [2.75, 3.05) is 5.32 Å². The van der Waals surface area contributed by atoms with E-state index in [4.69, 9.17) is 0 Å². The zero-order valence-corrected chi connectivity index (χ0v) is 14.0. The quantitative estimate of drug-likeness (QED) is 0.702. The Bertz CT molecular complexity index is 843. The molecule has 0 aromatic carbocycles. The van der Waals surface area contributed by atoms with Crippen molar-refractivity contribution in [1.29, 1.82) is 0 Å². The van der Waals surface area contributed by atoms with Gasteiger partial charge in [-0.1, -0.05) is 0 Å². The lowest BCUT2D eigenvalue weighted by Crippen LogP contribution is -2.04. The summed E-state index contributed by atoms with van der Waals surface area (Å²) in [5.41, 5.74) is 2.71. The first kappa shape index (κ1) is 14.9. The smallest absolute Gasteiger partial charge is 0.164 e. The van der Waals surface area contributed by atoms with Gasteiger partial charge < -0.3 is 9.88 Å². The second kappa shape index (κ2) is 5.64. The second-order valence-corrected chi connectivity index (χ2v) is 6.15. The van der Waals surface area contributed by atoms with Crippen molar-refractivity contribution < 1.29 is 4.39 Å². The Morgan fingerprint density at radius 1 is 1.27 bits per heavy atom. The van der Waals surface area contributed by atoms with Crippen LogP contribution in [0.4, 0.5) is 15.9 Å². The Morgan fingerprint density at radius 3 is 2.77 bits per heavy atom. The first-order chi connectivity index (χ1) is 10.5. The summed E-state index contributed by atoms with van der Waals surface area (Å²) in [6, 6.07) is 3.71. The molecule has 0 radical (unpaired) electrons. The third-order valence-electron chi connectivity index (χ3n) is 3.32. The molecule has 0 spiro atoms. The highest BCUT2D eigenvalue weighted by Crippen LogP contribution is 2.29. The molecule has 0 saturated carbocycles. The summed E-state index contributed by atoms with van der Waals surface area (Å²) in [6.07, 6.45) is 2.97. The molecule has 0 aliphatic carbocycles. The molecule has 0 bridgehead atoms. The van der Waals surface area contributed by atoms with E-state index in [9.17, 15) is 4.39 Å². The van der Waals surface area contributed by atoms with Gasteiger partial charge in [0.25, 0.3) is 0 Å². The second-order valence-electron chi connectivity index (χ2n) is 5.34. The SMILES string of the molecule is Cc1cc(Nc2nc(Br)cc3ncn(C(C)C)c23)c(F)cn1. The molecule has 114 valence electrons. The van der Waals surface area contributed by atoms with Crippen molar-refractivity contribution in [2.24, 2.45) is 0 Å². The third-order valence-corrected chi connectivity index (χ3v) is 3.73. The molecule has 0 saturated heterocycles. The number of halogens is 2. The molecule has 7 heteroatoms. The summed E-state index contributed by atoms with van der Waals surface area (Å²) < 4.78 is 16.6. The van der Waals surface area contributed by atoms with E-state index in [0.717, 1.165) is 16.7 Å². The van der Waals surface area contributed by atoms with Crippen LogP contribution in [-0.2, 0) is 0 Å². The molecule has 0 amide bonds. The average Bonchev–Trinajstić information content (AvgIpc) is 2.86. The van der Waals surface area contributed by atoms with E-state index in [0.29, 0.717) is 16.1 Å². The number of hydrogen-bond donors (Lipinski definition) is 1. The summed E-state index contributed by atoms with van der Waals surface area (Å²) in [4.78, 5) is 12.8. The van der Waals surface area contributed by atoms with Crippen LogP contribution in [0.1, 0.15) is 25.6 Å². The number of aromatic nitrogens is 4. The molecular formula is C15H15BrFN5. The van der Waals surface area contributed by atoms with Gasteiger partial charge in [0.05, 0.1) is 23.7 Å². The van der Waals surface area contributed by atoms with Gasteiger partial charge in [-0.25, -0.2) is 14.4 Å². The van der Waals surface area contributed by atoms with Gasteiger partial charge in [0.15, 0.2) is 11.6 Å². The Kier molecular flexibility index (Phi) is 3.82. The van der Waals surface area contributed by atoms with Gasteiger partial charge >= 0.3 is 0 Å². The summed E-state index contributed by atoms with van der Waals surface area (Å²) in [5, 5.41) is 3.06. The molecule has 0 aliphatic heterocycles. The maximum Gasteiger partial charge on any atom is 0.164 e. The maximum atomic E-state index is 14.0. The minimum Gasteiger partial charge on any atom is -0.336 e. The highest BCUT2D eigenvalue weighted by atomic mass is 79.9. The molecule has 0 atom stereocenters. The Balaban J connectivity index is 2.17. The van der Waals surface area contributed by atoms with Crippen molar-refractivity contribution in [3.8, 4) is 0 Å². The predicted octanol–water partition coefficient (Wildman–Crippen LogP) is 4.36. The van der Waals surface area contributed by atoms with Gasteiger partial charge in [-0.15, -0.1) is 0 Å². The van der Waals surface area contributed by atoms with Crippen LogP contribution in [0.3, 0.4) is 0 Å². The lowest BCUT2D eigenvalue weighted by Gasteiger charge is -2.13. The molecule has 5 nitrogen and oxygen atoms in total. The molecule has 1 N–H and O–H groups in total. The molecular weight excluding hydrogens is 349 g/mol. The van der Waals surface area contributed by atoms with E-state index in [-0.39, 0.29) is 6.04 Å². The number of fused-ring (bicyclic) bond motifs is 1. The number of aryl methyl sites for hydroxylation is 1. The number of anilines is 2. The number of imidazole rings is 1. The van der Waals surface area contributed by atoms with Crippen molar-refractivity contribution in [1.82, 2.24) is 19.5 Å². The summed E-state index contributed by atoms with van der Waals surface area (Å²) in [7, 11) is 0. The lowest BCUT2D eigenvalue weighted by molar-refractivity contribution is 0.617. The summed E-state index contributed by atoms with van der Waals surface area (Å²) in [6.45, 7) is 5.93. The van der Waals surface area contributed by atoms with Crippen LogP contribution in [0, 0.1) is 12.7 Å². The molecule has 0 aliphatic rings. The minimum atomic E-state index is -0.420. The predicted molar refractivity (Wildman–Crippen MR) is 87.8 cm³/mol. The highest BCUT2D eigenvalue weighted by molar-refractivity contribution is 9.10. The molecule has 3 aromatic heterocycles. The average molecular weight is 364 g/mol. The zero-order chi connectivity index (χ0) is 15.9. The van der Waals surface area contributed by atoms with Crippen molar-refractivity contribution in [3.05, 3.63) is 40.8 Å². The maximum absolute atomic E-state index is 14.0. The van der Waals surface area contributed by atoms with Crippen LogP contribution in [0.15, 0.2) is 29.3 Å². The Hall–Kier alpha value is -2.02. The molecule has 3 aromatic rings. The molecule has 0 fully saturated rings. The van der Waals surface area contributed by atoms with Gasteiger partial charge in [0.1, 0.15) is 10.1 Å². The number of nitrogens with one attached hydrogen (secondary N) is 1. The largest absolute Gasteiger partial charge is 0.336 e. The van der Waals surface area contributed by atoms with Crippen molar-refractivity contribution in [2.45, 2.75) is 26.8 Å². The monoisotopic (exact) mass is 363 g/mol. The number of nitrogens with zero attached hydrogens (tertiary/aromatic N) is 4. The minimum absolute atomic E-state index is 0.220. The van der Waals surface area contributed by atoms with Gasteiger partial charge in [0, 0.05) is 11.7 Å². The van der Waals surface area contributed by atoms with Crippen molar-refractivity contribution >= 4 is 38.5 Å². The Labute approximate surface area is 135 Å². The standard InChI is InChI=1S/C15H15BrFN5/c1-8(2)22-7-19-12-5-13(16)21-15(14(12)22)20-11-4-9(3)18-6-10(11)17/h4-8H,1-3H3,(H,18,20,21). The number of hydrogen-bond acceptors (Lipinski definition) is 4. The van der Waals surface area contributed by atoms with E-state index in [1.54, 1.807) is 12.4 Å². The first-order valence-corrected chi connectivity index (χ1v) is 7.67. The van der Waals surface area contributed by atoms with E-state index < -0.39 is 5.82 Å². The molecule has 0 unspecified atom stereocenters. The Morgan fingerprint density at radius 2 is 2.05 bits per heavy atom. The first-order valence-electron chi connectivity index (χ1n) is 6.88. The fourth-order valence-corrected chi connectivity index (χ4v) is 2.67. The van der Waals surface area contributed by atoms with E-state index in [1.165, 1.54) is 6.20 Å². The molecule has 22 heavy (non-hydrogen) atoms. The summed E-state index contributed by atoms with van der Waals surface area (Å²) in [5.74, 6) is 0.135. The normalized spacial score (nSPS) is 11.4. The molecule has 3 rings (SSSR count). The number of rotatable bonds is 3. The summed E-state index contributed by atoms with van der Waals surface area (Å²) >= 11 is 3.37. The lowest BCUT2D eigenvalue weighted by atomic mass is 10.3. The van der Waals surface area contributed by atoms with Crippen LogP contribution in [-0.4, -0.2) is 19.5 Å². The fourth-order valence-electron chi connectivity index (χ4n) is 2.27. The number of pyridine rings is 2. The third kappa shape index (κ3) is 2.68. The zero-order valence-electron chi connectivity index (χ0n) is 12.4. The van der Waals surface area contributed by atoms with E-state index in [2.05, 4.69) is 50.0 Å². The fraction of sp³-hybridized carbons (Fsp3) is 0.267. The highest BCUT2D eigenvalue weighted by Gasteiger charge is 2.15. The van der Waals surface area contributed by atoms with Crippen LogP contribution in [0.5, 0.6) is 0 Å². The van der Waals surface area contributed by atoms with Crippen LogP contribution in [0.25, 0.3) is 11.0 Å². The van der Waals surface area contributed by atoms with Crippen LogP contribution >= 0.6 is 15.9 Å². The van der Waals surface area contributed by atoms with Crippen LogP contribution in [0.2, 0.25) is 0 Å². The topological polar surface area (TPSA) is 55.6 Å².